The number of aromatic amines is 3. The number of carbonyl (C=O) groups excluding carboxylic acids is 8. The molecular formula is C70H75ClN18O16S2. The van der Waals surface area contributed by atoms with Crippen molar-refractivity contribution in [3.8, 4) is 5.75 Å². The molecule has 5 atom stereocenters. The van der Waals surface area contributed by atoms with E-state index in [4.69, 9.17) is 33.5 Å². The Balaban J connectivity index is 0.000000253. The number of nitrogens with two attached hydrogens (primary N) is 3. The minimum absolute atomic E-state index is 0.000916. The first-order valence-electron chi connectivity index (χ1n) is 33.2. The van der Waals surface area contributed by atoms with Crippen LogP contribution in [0.3, 0.4) is 0 Å². The number of carbonyl (C=O) groups is 11. The van der Waals surface area contributed by atoms with Gasteiger partial charge in [-0.3, -0.25) is 57.9 Å². The van der Waals surface area contributed by atoms with E-state index in [0.29, 0.717) is 70.2 Å². The highest BCUT2D eigenvalue weighted by Gasteiger charge is 2.37. The third-order valence-corrected chi connectivity index (χ3v) is 19.3. The molecule has 34 nitrogen and oxygen atoms in total. The van der Waals surface area contributed by atoms with Crippen LogP contribution in [0, 0.1) is 0 Å². The van der Waals surface area contributed by atoms with Crippen LogP contribution in [0.15, 0.2) is 119 Å². The molecule has 5 aromatic carbocycles. The number of carboxylic acid groups (broad SMARTS) is 3. The summed E-state index contributed by atoms with van der Waals surface area (Å²) in [5.74, 6) is -8.27. The number of aliphatic imine (C=N–C) groups is 1. The maximum absolute atomic E-state index is 14.0. The zero-order valence-electron chi connectivity index (χ0n) is 57.6. The molecule has 9 aromatic rings. The number of alkyl halides is 1. The first kappa shape index (κ1) is 78.8. The summed E-state index contributed by atoms with van der Waals surface area (Å²) >= 11 is 6.41. The molecule has 560 valence electrons. The predicted octanol–water partition coefficient (Wildman–Crippen LogP) is 5.65. The third kappa shape index (κ3) is 21.0. The van der Waals surface area contributed by atoms with Crippen LogP contribution >= 0.6 is 33.2 Å². The van der Waals surface area contributed by atoms with Crippen LogP contribution in [-0.2, 0) is 44.9 Å². The van der Waals surface area contributed by atoms with Crippen LogP contribution in [-0.4, -0.2) is 171 Å². The van der Waals surface area contributed by atoms with Gasteiger partial charge in [-0.2, -0.15) is 4.98 Å². The Morgan fingerprint density at radius 2 is 1.36 bits per heavy atom. The summed E-state index contributed by atoms with van der Waals surface area (Å²) in [5, 5.41) is 50.1. The first-order valence-corrected chi connectivity index (χ1v) is 36.2. The normalized spacial score (nSPS) is 13.3. The molecule has 4 aromatic heterocycles. The molecule has 0 saturated carbocycles. The van der Waals surface area contributed by atoms with E-state index in [-0.39, 0.29) is 84.0 Å². The van der Waals surface area contributed by atoms with Crippen molar-refractivity contribution in [2.75, 3.05) is 57.1 Å². The number of carboxylic acids is 3. The molecule has 0 aliphatic carbocycles. The number of benzene rings is 5. The number of esters is 1. The highest BCUT2D eigenvalue weighted by molar-refractivity contribution is 8.76. The van der Waals surface area contributed by atoms with E-state index in [1.54, 1.807) is 66.4 Å². The molecule has 0 bridgehead atoms. The van der Waals surface area contributed by atoms with Gasteiger partial charge in [0.15, 0.2) is 17.1 Å². The number of amides is 7. The van der Waals surface area contributed by atoms with Gasteiger partial charge in [-0.25, -0.2) is 19.6 Å². The molecule has 19 N–H and O–H groups in total. The van der Waals surface area contributed by atoms with Crippen molar-refractivity contribution < 1.29 is 72.8 Å². The van der Waals surface area contributed by atoms with Gasteiger partial charge in [-0.1, -0.05) is 59.7 Å². The van der Waals surface area contributed by atoms with Gasteiger partial charge in [0, 0.05) is 112 Å². The van der Waals surface area contributed by atoms with Crippen LogP contribution in [0.2, 0.25) is 0 Å². The average molecular weight is 1520 g/mol. The third-order valence-electron chi connectivity index (χ3n) is 16.4. The summed E-state index contributed by atoms with van der Waals surface area (Å²) in [4.78, 5) is 177. The van der Waals surface area contributed by atoms with Crippen LogP contribution in [0.1, 0.15) is 108 Å². The predicted molar refractivity (Wildman–Crippen MR) is 404 cm³/mol. The number of hydrogen-bond donors (Lipinski definition) is 16. The fraction of sp³-hybridized carbons (Fsp3) is 0.286. The number of aliphatic carboxylic acids is 3. The molecule has 1 aliphatic rings. The number of hydrogen-bond acceptors (Lipinski definition) is 21. The lowest BCUT2D eigenvalue weighted by atomic mass is 9.95. The molecule has 7 amide bonds. The monoisotopic (exact) mass is 1520 g/mol. The van der Waals surface area contributed by atoms with E-state index in [1.807, 2.05) is 43.3 Å². The summed E-state index contributed by atoms with van der Waals surface area (Å²) in [6, 6.07) is 23.5. The maximum Gasteiger partial charge on any atom is 0.327 e. The van der Waals surface area contributed by atoms with Crippen molar-refractivity contribution in [1.29, 1.82) is 0 Å². The number of halogens is 1. The molecule has 0 saturated heterocycles. The van der Waals surface area contributed by atoms with E-state index >= 15 is 0 Å². The minimum Gasteiger partial charge on any atom is -0.481 e. The Kier molecular flexibility index (Phi) is 26.8. The lowest BCUT2D eigenvalue weighted by Crippen LogP contribution is -2.56. The Hall–Kier alpha value is -12.3. The zero-order chi connectivity index (χ0) is 77.2. The van der Waals surface area contributed by atoms with Gasteiger partial charge >= 0.3 is 23.9 Å². The van der Waals surface area contributed by atoms with Crippen molar-refractivity contribution in [1.82, 2.24) is 51.2 Å². The van der Waals surface area contributed by atoms with E-state index in [1.165, 1.54) is 46.8 Å². The highest BCUT2D eigenvalue weighted by Crippen LogP contribution is 2.46. The fourth-order valence-electron chi connectivity index (χ4n) is 11.3. The molecular weight excluding hydrogens is 1450 g/mol. The number of aromatic nitrogens is 6. The number of ether oxygens (including phenoxy) is 1. The zero-order valence-corrected chi connectivity index (χ0v) is 60.0. The van der Waals surface area contributed by atoms with E-state index in [9.17, 15) is 72.9 Å². The number of H-pyrrole nitrogens is 3. The summed E-state index contributed by atoms with van der Waals surface area (Å²) in [5.41, 5.74) is 21.8. The largest absolute Gasteiger partial charge is 0.481 e. The SMILES string of the molecule is CCC(=O)Nc1ccc2[nH]c(C(=O)Nc3ccc4[nH]c(C(=O)N5CC(CCl)c6c5cc(OC(C)=O)c5ccccc65)cc4c3)cc2c1.CCSSC[C@H](NC(=O)[C@H](CC(=O)O)NC(=O)[C@H](CCCN=C(N)N)NC(=O)CC[C@H](NC(=O)c1ccc(NCc2cnc3nc(N)[nH]c(=O)c3n2)cc1)C(=O)O)C(=O)O. The van der Waals surface area contributed by atoms with Crippen LogP contribution in [0.5, 0.6) is 5.75 Å². The van der Waals surface area contributed by atoms with Crippen molar-refractivity contribution in [2.45, 2.75) is 95.9 Å². The Labute approximate surface area is 620 Å². The standard InChI is InChI=1S/C36H30ClN5O5.C34H45N13O11S2/c1-3-33(44)38-23-8-10-27-20(12-23)14-29(40-27)35(45)39-24-9-11-28-21(13-24)15-30(41-28)36(46)42-18-22(17-37)34-26-7-5-4-6-25(26)32(16-31(34)42)47-19(2)43;1-2-59-60-15-22(32(57)58)45-29(53)21(12-24(49)50)44-28(52)19(4-3-11-38-33(35)36)42-23(48)10-9-20(31(55)56)43-27(51)16-5-7-17(8-6-16)39-13-18-14-40-26-25(41-18)30(54)47-34(37)46-26/h4-16,22,40-41H,3,17-18H2,1-2H3,(H,38,44)(H,39,45);5-8,14,19-22,39H,2-4,9-13,15H2,1H3,(H,42,48)(H,43,51)(H,44,52)(H,45,53)(H,49,50)(H,55,56)(H,57,58)(H4,35,36,38)(H3,37,40,46,47,54)/t;19-,20-,21-,22-/m.0/s1. The molecule has 37 heteroatoms. The molecule has 107 heavy (non-hydrogen) atoms. The molecule has 0 fully saturated rings. The van der Waals surface area contributed by atoms with E-state index in [2.05, 4.69) is 72.1 Å². The quantitative estimate of drug-likeness (QED) is 0.00460. The number of guanidine groups is 1. The van der Waals surface area contributed by atoms with Crippen molar-refractivity contribution in [2.24, 2.45) is 16.5 Å². The molecule has 1 aliphatic heterocycles. The molecule has 10 rings (SSSR count). The summed E-state index contributed by atoms with van der Waals surface area (Å²) in [6.45, 7) is 5.51. The lowest BCUT2D eigenvalue weighted by Gasteiger charge is -2.24. The number of rotatable bonds is 32. The van der Waals surface area contributed by atoms with Gasteiger partial charge in [0.25, 0.3) is 23.3 Å². The Morgan fingerprint density at radius 3 is 2.00 bits per heavy atom. The second-order valence-electron chi connectivity index (χ2n) is 24.2. The van der Waals surface area contributed by atoms with Crippen molar-refractivity contribution >= 4 is 177 Å². The highest BCUT2D eigenvalue weighted by atomic mass is 35.5. The van der Waals surface area contributed by atoms with Gasteiger partial charge in [0.05, 0.1) is 30.5 Å². The number of nitrogens with zero attached hydrogens (tertiary/aromatic N) is 5. The summed E-state index contributed by atoms with van der Waals surface area (Å²) in [6.07, 6.45) is -0.0609. The van der Waals surface area contributed by atoms with Crippen molar-refractivity contribution in [3.63, 3.8) is 0 Å². The molecule has 5 heterocycles. The second kappa shape index (κ2) is 36.4. The number of nitrogens with one attached hydrogen (secondary N) is 10. The summed E-state index contributed by atoms with van der Waals surface area (Å²) in [7, 11) is 2.52. The van der Waals surface area contributed by atoms with Crippen LogP contribution < -0.4 is 69.6 Å². The number of nitrogen functional groups attached to an aromatic ring is 1. The smallest absolute Gasteiger partial charge is 0.327 e. The van der Waals surface area contributed by atoms with Gasteiger partial charge in [-0.05, 0) is 103 Å². The van der Waals surface area contributed by atoms with Gasteiger partial charge in [0.2, 0.25) is 29.6 Å². The van der Waals surface area contributed by atoms with Gasteiger partial charge < -0.3 is 89.3 Å². The van der Waals surface area contributed by atoms with Crippen LogP contribution in [0.4, 0.5) is 28.7 Å². The van der Waals surface area contributed by atoms with E-state index < -0.39 is 96.5 Å². The first-order chi connectivity index (χ1) is 51.2. The number of anilines is 5. The minimum atomic E-state index is -1.74. The lowest BCUT2D eigenvalue weighted by molar-refractivity contribution is -0.143. The van der Waals surface area contributed by atoms with Crippen molar-refractivity contribution in [3.05, 3.63) is 148 Å². The average Bonchev–Trinajstić information content (AvgIpc) is 1.60. The topological polar surface area (TPSA) is 539 Å². The Bertz CT molecular complexity index is 4990. The molecule has 1 unspecified atom stereocenters. The maximum atomic E-state index is 14.0. The molecule has 0 radical (unpaired) electrons. The Morgan fingerprint density at radius 1 is 0.710 bits per heavy atom. The van der Waals surface area contributed by atoms with Gasteiger partial charge in [-0.15, -0.1) is 11.6 Å². The second-order valence-corrected chi connectivity index (χ2v) is 27.3. The molecule has 0 spiro atoms. The number of fused-ring (bicyclic) bond motifs is 6. The van der Waals surface area contributed by atoms with Crippen LogP contribution in [0.25, 0.3) is 43.7 Å². The van der Waals surface area contributed by atoms with Gasteiger partial charge in [0.1, 0.15) is 41.3 Å². The summed E-state index contributed by atoms with van der Waals surface area (Å²) < 4.78 is 5.55. The fourth-order valence-corrected chi connectivity index (χ4v) is 13.4. The van der Waals surface area contributed by atoms with E-state index in [0.717, 1.165) is 38.1 Å².